The van der Waals surface area contributed by atoms with E-state index < -0.39 is 0 Å². The molecule has 0 unspecified atom stereocenters. The lowest BCUT2D eigenvalue weighted by Crippen LogP contribution is -2.22. The fraction of sp³-hybridized carbons (Fsp3) is 0.375. The summed E-state index contributed by atoms with van der Waals surface area (Å²) in [6, 6.07) is 8.07. The Balaban J connectivity index is 2.47. The highest BCUT2D eigenvalue weighted by atomic mass is 19.1. The van der Waals surface area contributed by atoms with Crippen molar-refractivity contribution >= 4 is 17.3 Å². The van der Waals surface area contributed by atoms with Crippen molar-refractivity contribution in [3.05, 3.63) is 42.0 Å². The first-order valence-electron chi connectivity index (χ1n) is 6.99. The summed E-state index contributed by atoms with van der Waals surface area (Å²) < 4.78 is 13.1. The lowest BCUT2D eigenvalue weighted by atomic mass is 9.96. The minimum Gasteiger partial charge on any atom is -0.384 e. The predicted octanol–water partition coefficient (Wildman–Crippen LogP) is 3.65. The van der Waals surface area contributed by atoms with E-state index in [4.69, 9.17) is 5.73 Å². The molecule has 0 radical (unpaired) electrons. The van der Waals surface area contributed by atoms with Gasteiger partial charge in [0.15, 0.2) is 0 Å². The van der Waals surface area contributed by atoms with Crippen molar-refractivity contribution in [2.45, 2.75) is 33.1 Å². The van der Waals surface area contributed by atoms with E-state index in [9.17, 15) is 4.39 Å². The normalized spacial score (nSPS) is 11.5. The third-order valence-electron chi connectivity index (χ3n) is 3.13. The summed E-state index contributed by atoms with van der Waals surface area (Å²) in [5.74, 6) is 1.59. The second-order valence-corrected chi connectivity index (χ2v) is 5.95. The van der Waals surface area contributed by atoms with Gasteiger partial charge in [-0.1, -0.05) is 20.8 Å². The van der Waals surface area contributed by atoms with Crippen molar-refractivity contribution in [2.75, 3.05) is 17.2 Å². The summed E-state index contributed by atoms with van der Waals surface area (Å²) in [7, 11) is 0. The zero-order chi connectivity index (χ0) is 15.6. The average Bonchev–Trinajstić information content (AvgIpc) is 2.40. The van der Waals surface area contributed by atoms with Crippen molar-refractivity contribution in [3.63, 3.8) is 0 Å². The van der Waals surface area contributed by atoms with Gasteiger partial charge in [-0.25, -0.2) is 14.4 Å². The fourth-order valence-corrected chi connectivity index (χ4v) is 2.02. The Labute approximate surface area is 124 Å². The van der Waals surface area contributed by atoms with Gasteiger partial charge in [0, 0.05) is 23.7 Å². The lowest BCUT2D eigenvalue weighted by Gasteiger charge is -2.25. The molecule has 112 valence electrons. The van der Waals surface area contributed by atoms with Gasteiger partial charge in [-0.15, -0.1) is 0 Å². The summed E-state index contributed by atoms with van der Waals surface area (Å²) >= 11 is 0. The highest BCUT2D eigenvalue weighted by molar-refractivity contribution is 5.62. The molecule has 2 aromatic rings. The van der Waals surface area contributed by atoms with Crippen LogP contribution in [0.15, 0.2) is 30.3 Å². The second kappa shape index (κ2) is 5.68. The summed E-state index contributed by atoms with van der Waals surface area (Å²) in [4.78, 5) is 10.9. The van der Waals surface area contributed by atoms with E-state index in [0.29, 0.717) is 18.2 Å². The molecular weight excluding hydrogens is 267 g/mol. The van der Waals surface area contributed by atoms with E-state index in [1.807, 2.05) is 32.6 Å². The van der Waals surface area contributed by atoms with Crippen LogP contribution in [0, 0.1) is 5.82 Å². The summed E-state index contributed by atoms with van der Waals surface area (Å²) in [5.41, 5.74) is 6.60. The minimum atomic E-state index is -0.257. The van der Waals surface area contributed by atoms with E-state index in [1.165, 1.54) is 12.1 Å². The van der Waals surface area contributed by atoms with Gasteiger partial charge >= 0.3 is 0 Å². The average molecular weight is 288 g/mol. The monoisotopic (exact) mass is 288 g/mol. The largest absolute Gasteiger partial charge is 0.384 e. The van der Waals surface area contributed by atoms with Gasteiger partial charge in [0.2, 0.25) is 0 Å². The van der Waals surface area contributed by atoms with Crippen molar-refractivity contribution in [3.8, 4) is 0 Å². The maximum absolute atomic E-state index is 13.1. The van der Waals surface area contributed by atoms with Gasteiger partial charge in [0.25, 0.3) is 0 Å². The highest BCUT2D eigenvalue weighted by Crippen LogP contribution is 2.27. The predicted molar refractivity (Wildman–Crippen MR) is 84.2 cm³/mol. The number of benzene rings is 1. The number of halogens is 1. The van der Waals surface area contributed by atoms with Gasteiger partial charge in [-0.2, -0.15) is 0 Å². The van der Waals surface area contributed by atoms with Crippen molar-refractivity contribution < 1.29 is 4.39 Å². The maximum atomic E-state index is 13.1. The number of aromatic nitrogens is 2. The minimum absolute atomic E-state index is 0.188. The number of nitrogens with two attached hydrogens (primary N) is 1. The number of hydrogen-bond donors (Lipinski definition) is 1. The molecule has 0 saturated carbocycles. The van der Waals surface area contributed by atoms with Crippen LogP contribution in [0.5, 0.6) is 0 Å². The van der Waals surface area contributed by atoms with Gasteiger partial charge in [-0.3, -0.25) is 0 Å². The molecule has 0 aliphatic carbocycles. The molecule has 0 spiro atoms. The zero-order valence-corrected chi connectivity index (χ0v) is 12.9. The molecule has 2 N–H and O–H groups in total. The quantitative estimate of drug-likeness (QED) is 0.936. The summed E-state index contributed by atoms with van der Waals surface area (Å²) in [6.07, 6.45) is 0. The second-order valence-electron chi connectivity index (χ2n) is 5.95. The number of nitrogen functional groups attached to an aromatic ring is 1. The molecule has 1 heterocycles. The third kappa shape index (κ3) is 3.48. The molecule has 1 aromatic carbocycles. The van der Waals surface area contributed by atoms with Gasteiger partial charge < -0.3 is 10.6 Å². The molecule has 0 aliphatic heterocycles. The molecule has 0 saturated heterocycles. The smallest absolute Gasteiger partial charge is 0.138 e. The van der Waals surface area contributed by atoms with Crippen LogP contribution in [0.4, 0.5) is 21.7 Å². The zero-order valence-electron chi connectivity index (χ0n) is 12.9. The molecule has 0 fully saturated rings. The fourth-order valence-electron chi connectivity index (χ4n) is 2.02. The number of anilines is 3. The van der Waals surface area contributed by atoms with Crippen LogP contribution in [-0.2, 0) is 5.41 Å². The Morgan fingerprint density at radius 3 is 2.29 bits per heavy atom. The first-order valence-corrected chi connectivity index (χ1v) is 6.99. The van der Waals surface area contributed by atoms with Crippen molar-refractivity contribution in [1.82, 2.24) is 9.97 Å². The van der Waals surface area contributed by atoms with E-state index in [-0.39, 0.29) is 11.2 Å². The van der Waals surface area contributed by atoms with Gasteiger partial charge in [0.1, 0.15) is 23.3 Å². The molecule has 2 rings (SSSR count). The molecular formula is C16H21FN4. The Bertz CT molecular complexity index is 617. The first-order chi connectivity index (χ1) is 9.81. The number of hydrogen-bond acceptors (Lipinski definition) is 4. The molecule has 0 aliphatic rings. The van der Waals surface area contributed by atoms with Crippen LogP contribution in [0.1, 0.15) is 33.5 Å². The molecule has 5 heteroatoms. The standard InChI is InChI=1S/C16H21FN4/c1-5-21(12-8-6-11(17)7-9-12)14-10-13(18)19-15(20-14)16(2,3)4/h6-10H,5H2,1-4H3,(H2,18,19,20). The Morgan fingerprint density at radius 2 is 1.76 bits per heavy atom. The molecule has 21 heavy (non-hydrogen) atoms. The van der Waals surface area contributed by atoms with Crippen LogP contribution in [-0.4, -0.2) is 16.5 Å². The summed E-state index contributed by atoms with van der Waals surface area (Å²) in [6.45, 7) is 8.84. The van der Waals surface area contributed by atoms with Crippen LogP contribution in [0.25, 0.3) is 0 Å². The molecule has 4 nitrogen and oxygen atoms in total. The first kappa shape index (κ1) is 15.2. The SMILES string of the molecule is CCN(c1ccc(F)cc1)c1cc(N)nc(C(C)(C)C)n1. The summed E-state index contributed by atoms with van der Waals surface area (Å²) in [5, 5.41) is 0. The number of nitrogens with zero attached hydrogens (tertiary/aromatic N) is 3. The molecule has 1 aromatic heterocycles. The van der Waals surface area contributed by atoms with Crippen molar-refractivity contribution in [1.29, 1.82) is 0 Å². The Hall–Kier alpha value is -2.17. The molecule has 0 amide bonds. The van der Waals surface area contributed by atoms with Crippen molar-refractivity contribution in [2.24, 2.45) is 0 Å². The van der Waals surface area contributed by atoms with E-state index in [2.05, 4.69) is 9.97 Å². The Morgan fingerprint density at radius 1 is 1.14 bits per heavy atom. The molecule has 0 atom stereocenters. The van der Waals surface area contributed by atoms with E-state index >= 15 is 0 Å². The lowest BCUT2D eigenvalue weighted by molar-refractivity contribution is 0.546. The van der Waals surface area contributed by atoms with Crippen LogP contribution in [0.2, 0.25) is 0 Å². The van der Waals surface area contributed by atoms with Gasteiger partial charge in [-0.05, 0) is 31.2 Å². The van der Waals surface area contributed by atoms with E-state index in [1.54, 1.807) is 18.2 Å². The van der Waals surface area contributed by atoms with Crippen LogP contribution < -0.4 is 10.6 Å². The molecule has 0 bridgehead atoms. The number of rotatable bonds is 3. The highest BCUT2D eigenvalue weighted by Gasteiger charge is 2.20. The van der Waals surface area contributed by atoms with Crippen LogP contribution >= 0.6 is 0 Å². The maximum Gasteiger partial charge on any atom is 0.138 e. The topological polar surface area (TPSA) is 55.0 Å². The Kier molecular flexibility index (Phi) is 4.11. The van der Waals surface area contributed by atoms with Gasteiger partial charge in [0.05, 0.1) is 0 Å². The third-order valence-corrected chi connectivity index (χ3v) is 3.13. The van der Waals surface area contributed by atoms with Crippen LogP contribution in [0.3, 0.4) is 0 Å². The van der Waals surface area contributed by atoms with E-state index in [0.717, 1.165) is 11.5 Å².